The van der Waals surface area contributed by atoms with Crippen LogP contribution in [-0.4, -0.2) is 26.4 Å². The van der Waals surface area contributed by atoms with Gasteiger partial charge in [0.05, 0.1) is 16.7 Å². The number of amides is 1. The molecule has 1 atom stereocenters. The summed E-state index contributed by atoms with van der Waals surface area (Å²) in [6, 6.07) is 18.0. The molecule has 4 aromatic rings. The molecule has 0 fully saturated rings. The molecule has 1 N–H and O–H groups in total. The third kappa shape index (κ3) is 4.19. The van der Waals surface area contributed by atoms with Crippen molar-refractivity contribution in [3.63, 3.8) is 0 Å². The molecule has 1 amide bonds. The van der Waals surface area contributed by atoms with Gasteiger partial charge in [0.2, 0.25) is 5.91 Å². The minimum Gasteiger partial charge on any atom is -0.348 e. The lowest BCUT2D eigenvalue weighted by molar-refractivity contribution is -0.119. The van der Waals surface area contributed by atoms with E-state index in [4.69, 9.17) is 0 Å². The van der Waals surface area contributed by atoms with Crippen molar-refractivity contribution in [3.8, 4) is 16.4 Å². The smallest absolute Gasteiger partial charge is 0.230 e. The highest BCUT2D eigenvalue weighted by molar-refractivity contribution is 7.99. The number of rotatable bonds is 7. The van der Waals surface area contributed by atoms with Gasteiger partial charge in [-0.2, -0.15) is 0 Å². The number of para-hydroxylation sites is 1. The fourth-order valence-electron chi connectivity index (χ4n) is 2.76. The van der Waals surface area contributed by atoms with Gasteiger partial charge in [0.25, 0.3) is 0 Å². The molecule has 0 radical (unpaired) electrons. The van der Waals surface area contributed by atoms with Crippen LogP contribution < -0.4 is 5.32 Å². The first-order valence-electron chi connectivity index (χ1n) is 8.72. The molecule has 5 nitrogen and oxygen atoms in total. The number of thiophene rings is 2. The number of hydrogen-bond acceptors (Lipinski definition) is 6. The molecule has 3 aromatic heterocycles. The summed E-state index contributed by atoms with van der Waals surface area (Å²) < 4.78 is 2.01. The Hall–Kier alpha value is -2.42. The fourth-order valence-corrected chi connectivity index (χ4v) is 4.96. The van der Waals surface area contributed by atoms with Gasteiger partial charge >= 0.3 is 0 Å². The first kappa shape index (κ1) is 18.9. The number of thioether (sulfide) groups is 1. The van der Waals surface area contributed by atoms with Crippen molar-refractivity contribution in [3.05, 3.63) is 70.2 Å². The topological polar surface area (TPSA) is 59.8 Å². The third-order valence-corrected chi connectivity index (χ3v) is 6.92. The highest BCUT2D eigenvalue weighted by Gasteiger charge is 2.18. The number of nitrogens with one attached hydrogen (secondary N) is 1. The second-order valence-corrected chi connectivity index (χ2v) is 8.92. The van der Waals surface area contributed by atoms with E-state index in [9.17, 15) is 4.79 Å². The lowest BCUT2D eigenvalue weighted by Gasteiger charge is -2.12. The zero-order chi connectivity index (χ0) is 19.3. The predicted octanol–water partition coefficient (Wildman–Crippen LogP) is 5.03. The van der Waals surface area contributed by atoms with E-state index < -0.39 is 0 Å². The molecule has 0 saturated heterocycles. The summed E-state index contributed by atoms with van der Waals surface area (Å²) in [6.45, 7) is 2.00. The van der Waals surface area contributed by atoms with Crippen LogP contribution in [0, 0.1) is 0 Å². The Morgan fingerprint density at radius 1 is 1.07 bits per heavy atom. The van der Waals surface area contributed by atoms with Crippen molar-refractivity contribution in [2.24, 2.45) is 0 Å². The maximum absolute atomic E-state index is 12.4. The van der Waals surface area contributed by atoms with Crippen molar-refractivity contribution in [1.29, 1.82) is 0 Å². The molecule has 1 aromatic carbocycles. The van der Waals surface area contributed by atoms with Gasteiger partial charge in [-0.15, -0.1) is 32.9 Å². The first-order chi connectivity index (χ1) is 13.7. The Balaban J connectivity index is 1.52. The standard InChI is InChI=1S/C20H18N4OS3/c1-14(16-9-5-11-26-16)21-18(25)13-28-20-23-22-19(17-10-6-12-27-17)24(20)15-7-3-2-4-8-15/h2-12,14H,13H2,1H3,(H,21,25). The monoisotopic (exact) mass is 426 g/mol. The van der Waals surface area contributed by atoms with E-state index >= 15 is 0 Å². The Kier molecular flexibility index (Phi) is 5.90. The summed E-state index contributed by atoms with van der Waals surface area (Å²) in [5, 5.41) is 16.5. The molecule has 3 heterocycles. The molecular weight excluding hydrogens is 408 g/mol. The molecule has 0 saturated carbocycles. The van der Waals surface area contributed by atoms with Crippen LogP contribution in [0.4, 0.5) is 0 Å². The molecule has 0 spiro atoms. The van der Waals surface area contributed by atoms with Crippen LogP contribution in [0.2, 0.25) is 0 Å². The molecule has 4 rings (SSSR count). The van der Waals surface area contributed by atoms with E-state index in [-0.39, 0.29) is 17.7 Å². The maximum atomic E-state index is 12.4. The van der Waals surface area contributed by atoms with E-state index in [2.05, 4.69) is 15.5 Å². The van der Waals surface area contributed by atoms with Gasteiger partial charge in [-0.3, -0.25) is 9.36 Å². The van der Waals surface area contributed by atoms with Gasteiger partial charge in [-0.25, -0.2) is 0 Å². The highest BCUT2D eigenvalue weighted by atomic mass is 32.2. The van der Waals surface area contributed by atoms with Gasteiger partial charge in [0, 0.05) is 10.6 Å². The quantitative estimate of drug-likeness (QED) is 0.421. The Morgan fingerprint density at radius 3 is 2.57 bits per heavy atom. The van der Waals surface area contributed by atoms with Crippen LogP contribution in [0.15, 0.2) is 70.5 Å². The summed E-state index contributed by atoms with van der Waals surface area (Å²) in [7, 11) is 0. The minimum absolute atomic E-state index is 0.00164. The number of carbonyl (C=O) groups is 1. The van der Waals surface area contributed by atoms with Crippen LogP contribution in [0.3, 0.4) is 0 Å². The van der Waals surface area contributed by atoms with Gasteiger partial charge in [-0.05, 0) is 41.9 Å². The summed E-state index contributed by atoms with van der Waals surface area (Å²) in [6.07, 6.45) is 0. The Labute approximate surface area is 175 Å². The average Bonchev–Trinajstić information content (AvgIpc) is 3.48. The molecular formula is C20H18N4OS3. The van der Waals surface area contributed by atoms with Crippen LogP contribution in [0.5, 0.6) is 0 Å². The summed E-state index contributed by atoms with van der Waals surface area (Å²) in [4.78, 5) is 14.6. The van der Waals surface area contributed by atoms with E-state index in [1.54, 1.807) is 22.7 Å². The second kappa shape index (κ2) is 8.72. The normalized spacial score (nSPS) is 12.0. The van der Waals surface area contributed by atoms with Crippen LogP contribution >= 0.6 is 34.4 Å². The van der Waals surface area contributed by atoms with Gasteiger partial charge < -0.3 is 5.32 Å². The maximum Gasteiger partial charge on any atom is 0.230 e. The number of nitrogens with zero attached hydrogens (tertiary/aromatic N) is 3. The van der Waals surface area contributed by atoms with Gasteiger partial charge in [0.1, 0.15) is 0 Å². The van der Waals surface area contributed by atoms with Crippen LogP contribution in [0.1, 0.15) is 17.8 Å². The molecule has 1 unspecified atom stereocenters. The van der Waals surface area contributed by atoms with Crippen LogP contribution in [-0.2, 0) is 4.79 Å². The Morgan fingerprint density at radius 2 is 1.86 bits per heavy atom. The number of carbonyl (C=O) groups excluding carboxylic acids is 1. The predicted molar refractivity (Wildman–Crippen MR) is 116 cm³/mol. The summed E-state index contributed by atoms with van der Waals surface area (Å²) in [5.74, 6) is 1.05. The zero-order valence-corrected chi connectivity index (χ0v) is 17.6. The lowest BCUT2D eigenvalue weighted by atomic mass is 10.3. The molecule has 8 heteroatoms. The van der Waals surface area contributed by atoms with Crippen LogP contribution in [0.25, 0.3) is 16.4 Å². The lowest BCUT2D eigenvalue weighted by Crippen LogP contribution is -2.27. The van der Waals surface area contributed by atoms with Crippen molar-refractivity contribution >= 4 is 40.3 Å². The highest BCUT2D eigenvalue weighted by Crippen LogP contribution is 2.30. The van der Waals surface area contributed by atoms with E-state index in [1.807, 2.05) is 76.8 Å². The first-order valence-corrected chi connectivity index (χ1v) is 11.5. The largest absolute Gasteiger partial charge is 0.348 e. The van der Waals surface area contributed by atoms with Crippen molar-refractivity contribution in [2.45, 2.75) is 18.1 Å². The molecule has 0 aliphatic carbocycles. The SMILES string of the molecule is CC(NC(=O)CSc1nnc(-c2cccs2)n1-c1ccccc1)c1cccs1. The molecule has 142 valence electrons. The average molecular weight is 427 g/mol. The Bertz CT molecular complexity index is 1030. The van der Waals surface area contributed by atoms with Gasteiger partial charge in [-0.1, -0.05) is 42.1 Å². The second-order valence-electron chi connectivity index (χ2n) is 6.05. The number of benzene rings is 1. The molecule has 28 heavy (non-hydrogen) atoms. The van der Waals surface area contributed by atoms with E-state index in [0.29, 0.717) is 5.16 Å². The van der Waals surface area contributed by atoms with Crippen molar-refractivity contribution in [2.75, 3.05) is 5.75 Å². The number of aromatic nitrogens is 3. The van der Waals surface area contributed by atoms with Crippen molar-refractivity contribution < 1.29 is 4.79 Å². The summed E-state index contributed by atoms with van der Waals surface area (Å²) >= 11 is 4.65. The van der Waals surface area contributed by atoms with Gasteiger partial charge in [0.15, 0.2) is 11.0 Å². The minimum atomic E-state index is -0.0221. The molecule has 0 aliphatic heterocycles. The fraction of sp³-hybridized carbons (Fsp3) is 0.150. The number of hydrogen-bond donors (Lipinski definition) is 1. The molecule has 0 aliphatic rings. The summed E-state index contributed by atoms with van der Waals surface area (Å²) in [5.41, 5.74) is 0.978. The zero-order valence-electron chi connectivity index (χ0n) is 15.1. The molecule has 0 bridgehead atoms. The third-order valence-electron chi connectivity index (χ3n) is 4.07. The van der Waals surface area contributed by atoms with Crippen molar-refractivity contribution in [1.82, 2.24) is 20.1 Å². The van der Waals surface area contributed by atoms with E-state index in [0.717, 1.165) is 21.3 Å². The van der Waals surface area contributed by atoms with E-state index in [1.165, 1.54) is 11.8 Å².